The standard InChI is InChI=1S/C8H8N4OS/c1-12-7(10-11-8(12)14)5-2-3-6(13)9-4-5/h2,4H,3H2,1H3,(H,11,14). The van der Waals surface area contributed by atoms with Crippen LogP contribution in [0, 0.1) is 0 Å². The van der Waals surface area contributed by atoms with Crippen molar-refractivity contribution < 1.29 is 4.79 Å². The first-order valence-electron chi connectivity index (χ1n) is 4.04. The Labute approximate surface area is 86.0 Å². The van der Waals surface area contributed by atoms with Gasteiger partial charge in [0.2, 0.25) is 5.91 Å². The van der Waals surface area contributed by atoms with E-state index in [9.17, 15) is 4.79 Å². The normalized spacial score (nSPS) is 15.9. The van der Waals surface area contributed by atoms with Crippen LogP contribution in [-0.2, 0) is 11.8 Å². The first-order chi connectivity index (χ1) is 6.68. The lowest BCUT2D eigenvalue weighted by Gasteiger charge is -2.04. The van der Waals surface area contributed by atoms with Crippen molar-refractivity contribution in [2.24, 2.45) is 12.0 Å². The molecule has 0 aromatic carbocycles. The van der Waals surface area contributed by atoms with Gasteiger partial charge in [0.1, 0.15) is 0 Å². The lowest BCUT2D eigenvalue weighted by molar-refractivity contribution is -0.117. The predicted molar refractivity (Wildman–Crippen MR) is 54.3 cm³/mol. The van der Waals surface area contributed by atoms with Crippen molar-refractivity contribution in [1.29, 1.82) is 0 Å². The highest BCUT2D eigenvalue weighted by Crippen LogP contribution is 2.15. The van der Waals surface area contributed by atoms with Crippen LogP contribution in [0.3, 0.4) is 0 Å². The Morgan fingerprint density at radius 3 is 2.79 bits per heavy atom. The molecule has 0 atom stereocenters. The van der Waals surface area contributed by atoms with Gasteiger partial charge in [0, 0.05) is 25.3 Å². The Morgan fingerprint density at radius 2 is 2.29 bits per heavy atom. The summed E-state index contributed by atoms with van der Waals surface area (Å²) in [4.78, 5) is 14.5. The maximum atomic E-state index is 10.8. The van der Waals surface area contributed by atoms with Crippen LogP contribution >= 0.6 is 12.6 Å². The van der Waals surface area contributed by atoms with Gasteiger partial charge in [-0.1, -0.05) is 6.08 Å². The predicted octanol–water partition coefficient (Wildman–Crippen LogP) is 0.488. The van der Waals surface area contributed by atoms with Crippen LogP contribution in [0.1, 0.15) is 12.2 Å². The van der Waals surface area contributed by atoms with Gasteiger partial charge in [-0.05, 0) is 0 Å². The number of aromatic nitrogens is 3. The summed E-state index contributed by atoms with van der Waals surface area (Å²) in [7, 11) is 1.81. The summed E-state index contributed by atoms with van der Waals surface area (Å²) in [5.41, 5.74) is 0.805. The van der Waals surface area contributed by atoms with Gasteiger partial charge < -0.3 is 4.57 Å². The maximum absolute atomic E-state index is 10.8. The topological polar surface area (TPSA) is 60.1 Å². The summed E-state index contributed by atoms with van der Waals surface area (Å²) in [5.74, 6) is 0.535. The fourth-order valence-corrected chi connectivity index (χ4v) is 1.31. The van der Waals surface area contributed by atoms with Crippen molar-refractivity contribution in [1.82, 2.24) is 14.8 Å². The van der Waals surface area contributed by atoms with Crippen molar-refractivity contribution in [2.45, 2.75) is 11.6 Å². The van der Waals surface area contributed by atoms with Gasteiger partial charge >= 0.3 is 0 Å². The number of thiol groups is 1. The van der Waals surface area contributed by atoms with Crippen molar-refractivity contribution in [3.63, 3.8) is 0 Å². The third-order valence-electron chi connectivity index (χ3n) is 1.95. The number of carbonyl (C=O) groups excluding carboxylic acids is 1. The first-order valence-corrected chi connectivity index (χ1v) is 4.49. The summed E-state index contributed by atoms with van der Waals surface area (Å²) < 4.78 is 1.73. The average Bonchev–Trinajstić information content (AvgIpc) is 2.50. The van der Waals surface area contributed by atoms with Gasteiger partial charge in [-0.3, -0.25) is 4.79 Å². The molecule has 0 saturated heterocycles. The number of hydrogen-bond acceptors (Lipinski definition) is 4. The van der Waals surface area contributed by atoms with E-state index in [1.165, 1.54) is 6.21 Å². The second kappa shape index (κ2) is 3.38. The Morgan fingerprint density at radius 1 is 1.50 bits per heavy atom. The highest BCUT2D eigenvalue weighted by Gasteiger charge is 2.12. The SMILES string of the molecule is Cn1c(S)nnc1C1=CCC(=O)N=C1. The molecule has 0 saturated carbocycles. The van der Waals surface area contributed by atoms with Crippen LogP contribution in [0.5, 0.6) is 0 Å². The summed E-state index contributed by atoms with van der Waals surface area (Å²) in [6.07, 6.45) is 3.61. The molecule has 1 amide bonds. The smallest absolute Gasteiger partial charge is 0.249 e. The van der Waals surface area contributed by atoms with E-state index in [0.29, 0.717) is 17.4 Å². The fourth-order valence-electron chi connectivity index (χ4n) is 1.17. The van der Waals surface area contributed by atoms with Crippen LogP contribution in [0.15, 0.2) is 16.2 Å². The Bertz CT molecular complexity index is 446. The van der Waals surface area contributed by atoms with E-state index in [0.717, 1.165) is 5.57 Å². The number of rotatable bonds is 1. The molecule has 0 radical (unpaired) electrons. The van der Waals surface area contributed by atoms with E-state index in [-0.39, 0.29) is 5.91 Å². The number of amides is 1. The van der Waals surface area contributed by atoms with Crippen molar-refractivity contribution in [3.05, 3.63) is 11.9 Å². The molecular formula is C8H8N4OS. The fraction of sp³-hybridized carbons (Fsp3) is 0.250. The Balaban J connectivity index is 2.38. The van der Waals surface area contributed by atoms with Crippen molar-refractivity contribution in [3.8, 4) is 0 Å². The molecule has 2 heterocycles. The minimum atomic E-state index is -0.137. The Kier molecular flexibility index (Phi) is 2.20. The molecule has 0 unspecified atom stereocenters. The van der Waals surface area contributed by atoms with Gasteiger partial charge in [-0.25, -0.2) is 4.99 Å². The highest BCUT2D eigenvalue weighted by atomic mass is 32.1. The number of allylic oxidation sites excluding steroid dienone is 1. The molecule has 2 rings (SSSR count). The molecule has 0 spiro atoms. The minimum Gasteiger partial charge on any atom is -0.305 e. The largest absolute Gasteiger partial charge is 0.305 e. The summed E-state index contributed by atoms with van der Waals surface area (Å²) in [6, 6.07) is 0. The van der Waals surface area contributed by atoms with Gasteiger partial charge in [0.15, 0.2) is 11.0 Å². The van der Waals surface area contributed by atoms with Crippen LogP contribution in [-0.4, -0.2) is 26.9 Å². The zero-order valence-electron chi connectivity index (χ0n) is 7.51. The molecule has 1 aromatic heterocycles. The van der Waals surface area contributed by atoms with Crippen molar-refractivity contribution in [2.75, 3.05) is 0 Å². The molecule has 72 valence electrons. The lowest BCUT2D eigenvalue weighted by Crippen LogP contribution is -2.04. The molecule has 1 aliphatic rings. The van der Waals surface area contributed by atoms with Gasteiger partial charge in [0.05, 0.1) is 0 Å². The van der Waals surface area contributed by atoms with Gasteiger partial charge in [-0.2, -0.15) is 0 Å². The van der Waals surface area contributed by atoms with Crippen LogP contribution in [0.25, 0.3) is 5.57 Å². The zero-order chi connectivity index (χ0) is 10.1. The zero-order valence-corrected chi connectivity index (χ0v) is 8.40. The summed E-state index contributed by atoms with van der Waals surface area (Å²) in [5, 5.41) is 8.26. The number of carbonyl (C=O) groups is 1. The molecule has 1 aromatic rings. The molecule has 6 heteroatoms. The second-order valence-electron chi connectivity index (χ2n) is 2.90. The monoisotopic (exact) mass is 208 g/mol. The number of nitrogens with zero attached hydrogens (tertiary/aromatic N) is 4. The Hall–Kier alpha value is -1.43. The third kappa shape index (κ3) is 1.48. The molecule has 14 heavy (non-hydrogen) atoms. The van der Waals surface area contributed by atoms with E-state index in [2.05, 4.69) is 27.8 Å². The molecule has 0 bridgehead atoms. The van der Waals surface area contributed by atoms with E-state index in [1.54, 1.807) is 10.6 Å². The van der Waals surface area contributed by atoms with Gasteiger partial charge in [-0.15, -0.1) is 22.8 Å². The van der Waals surface area contributed by atoms with E-state index >= 15 is 0 Å². The van der Waals surface area contributed by atoms with Crippen LogP contribution in [0.4, 0.5) is 0 Å². The number of aliphatic imine (C=N–C) groups is 1. The highest BCUT2D eigenvalue weighted by molar-refractivity contribution is 7.80. The number of hydrogen-bond donors (Lipinski definition) is 1. The maximum Gasteiger partial charge on any atom is 0.249 e. The molecule has 0 N–H and O–H groups in total. The van der Waals surface area contributed by atoms with E-state index in [4.69, 9.17) is 0 Å². The molecule has 0 aliphatic carbocycles. The number of dihydropyridines is 1. The third-order valence-corrected chi connectivity index (χ3v) is 2.34. The van der Waals surface area contributed by atoms with E-state index in [1.807, 2.05) is 7.05 Å². The molecule has 1 aliphatic heterocycles. The van der Waals surface area contributed by atoms with Gasteiger partial charge in [0.25, 0.3) is 0 Å². The summed E-state index contributed by atoms with van der Waals surface area (Å²) >= 11 is 4.11. The average molecular weight is 208 g/mol. The minimum absolute atomic E-state index is 0.137. The molecular weight excluding hydrogens is 200 g/mol. The first kappa shape index (κ1) is 9.14. The van der Waals surface area contributed by atoms with Crippen molar-refractivity contribution >= 4 is 30.3 Å². The van der Waals surface area contributed by atoms with E-state index < -0.39 is 0 Å². The molecule has 5 nitrogen and oxygen atoms in total. The summed E-state index contributed by atoms with van der Waals surface area (Å²) in [6.45, 7) is 0. The molecule has 0 fully saturated rings. The second-order valence-corrected chi connectivity index (χ2v) is 3.30. The van der Waals surface area contributed by atoms with Crippen LogP contribution < -0.4 is 0 Å². The quantitative estimate of drug-likeness (QED) is 0.683. The lowest BCUT2D eigenvalue weighted by atomic mass is 10.2. The van der Waals surface area contributed by atoms with Crippen LogP contribution in [0.2, 0.25) is 0 Å².